The number of nitrogens with zero attached hydrogens (tertiary/aromatic N) is 3. The van der Waals surface area contributed by atoms with E-state index in [4.69, 9.17) is 11.6 Å². The summed E-state index contributed by atoms with van der Waals surface area (Å²) in [6.45, 7) is 3.01. The first-order chi connectivity index (χ1) is 12.7. The van der Waals surface area contributed by atoms with Gasteiger partial charge >= 0.3 is 0 Å². The zero-order chi connectivity index (χ0) is 17.9. The Morgan fingerprint density at radius 3 is 2.58 bits per heavy atom. The molecule has 1 aliphatic rings. The molecule has 26 heavy (non-hydrogen) atoms. The third kappa shape index (κ3) is 3.59. The van der Waals surface area contributed by atoms with Crippen LogP contribution in [0.5, 0.6) is 0 Å². The van der Waals surface area contributed by atoms with Crippen LogP contribution in [0.25, 0.3) is 10.6 Å². The molecule has 0 unspecified atom stereocenters. The topological polar surface area (TPSA) is 36.4 Å². The van der Waals surface area contributed by atoms with Gasteiger partial charge in [-0.2, -0.15) is 0 Å². The van der Waals surface area contributed by atoms with E-state index < -0.39 is 0 Å². The number of halogens is 1. The lowest BCUT2D eigenvalue weighted by Gasteiger charge is -2.36. The molecule has 0 aliphatic carbocycles. The molecule has 0 radical (unpaired) electrons. The number of hydrogen-bond donors (Lipinski definition) is 0. The number of carbonyl (C=O) groups excluding carboxylic acids is 1. The lowest BCUT2D eigenvalue weighted by Crippen LogP contribution is -2.48. The number of anilines is 1. The Balaban J connectivity index is 1.45. The minimum atomic E-state index is 0.0779. The molecule has 1 aromatic heterocycles. The van der Waals surface area contributed by atoms with Crippen molar-refractivity contribution in [2.75, 3.05) is 31.1 Å². The van der Waals surface area contributed by atoms with Gasteiger partial charge in [0.25, 0.3) is 5.91 Å². The molecule has 1 saturated heterocycles. The molecule has 6 heteroatoms. The molecule has 1 amide bonds. The zero-order valence-electron chi connectivity index (χ0n) is 14.1. The maximum atomic E-state index is 12.9. The summed E-state index contributed by atoms with van der Waals surface area (Å²) in [4.78, 5) is 21.4. The van der Waals surface area contributed by atoms with Gasteiger partial charge in [-0.05, 0) is 30.3 Å². The molecule has 0 atom stereocenters. The minimum absolute atomic E-state index is 0.0779. The van der Waals surface area contributed by atoms with E-state index in [0.717, 1.165) is 34.4 Å². The average molecular weight is 384 g/mol. The Labute approximate surface area is 161 Å². The summed E-state index contributed by atoms with van der Waals surface area (Å²) in [5.41, 5.74) is 2.81. The smallest absolute Gasteiger partial charge is 0.253 e. The zero-order valence-corrected chi connectivity index (χ0v) is 15.7. The van der Waals surface area contributed by atoms with E-state index in [-0.39, 0.29) is 5.91 Å². The molecule has 0 N–H and O–H groups in total. The van der Waals surface area contributed by atoms with Crippen LogP contribution < -0.4 is 4.90 Å². The third-order valence-electron chi connectivity index (χ3n) is 4.53. The summed E-state index contributed by atoms with van der Waals surface area (Å²) >= 11 is 7.66. The molecule has 1 fully saturated rings. The van der Waals surface area contributed by atoms with Gasteiger partial charge < -0.3 is 9.80 Å². The molecule has 0 spiro atoms. The van der Waals surface area contributed by atoms with Crippen LogP contribution in [-0.4, -0.2) is 42.0 Å². The van der Waals surface area contributed by atoms with Crippen LogP contribution in [-0.2, 0) is 0 Å². The van der Waals surface area contributed by atoms with E-state index in [0.29, 0.717) is 18.7 Å². The van der Waals surface area contributed by atoms with Crippen molar-refractivity contribution in [2.45, 2.75) is 0 Å². The van der Waals surface area contributed by atoms with Crippen LogP contribution in [0.1, 0.15) is 10.4 Å². The summed E-state index contributed by atoms with van der Waals surface area (Å²) < 4.78 is 0. The Morgan fingerprint density at radius 1 is 1.04 bits per heavy atom. The Bertz CT molecular complexity index is 905. The maximum Gasteiger partial charge on any atom is 0.253 e. The monoisotopic (exact) mass is 383 g/mol. The van der Waals surface area contributed by atoms with Gasteiger partial charge in [0.2, 0.25) is 0 Å². The van der Waals surface area contributed by atoms with Crippen LogP contribution >= 0.6 is 22.9 Å². The highest BCUT2D eigenvalue weighted by molar-refractivity contribution is 7.13. The Kier molecular flexibility index (Phi) is 4.91. The molecular weight excluding hydrogens is 366 g/mol. The summed E-state index contributed by atoms with van der Waals surface area (Å²) in [5.74, 6) is 0.0779. The highest BCUT2D eigenvalue weighted by atomic mass is 35.5. The molecule has 2 heterocycles. The second-order valence-electron chi connectivity index (χ2n) is 6.18. The van der Waals surface area contributed by atoms with E-state index in [1.54, 1.807) is 17.5 Å². The summed E-state index contributed by atoms with van der Waals surface area (Å²) in [5, 5.41) is 3.62. The first-order valence-electron chi connectivity index (χ1n) is 8.50. The summed E-state index contributed by atoms with van der Waals surface area (Å²) in [6.07, 6.45) is 1.78. The van der Waals surface area contributed by atoms with E-state index in [9.17, 15) is 4.79 Å². The first kappa shape index (κ1) is 17.1. The average Bonchev–Trinajstić information content (AvgIpc) is 3.23. The lowest BCUT2D eigenvalue weighted by molar-refractivity contribution is 0.0747. The predicted molar refractivity (Wildman–Crippen MR) is 107 cm³/mol. The number of carbonyl (C=O) groups is 1. The van der Waals surface area contributed by atoms with Gasteiger partial charge in [0.1, 0.15) is 5.01 Å². The molecule has 4 rings (SSSR count). The quantitative estimate of drug-likeness (QED) is 0.671. The van der Waals surface area contributed by atoms with Crippen molar-refractivity contribution >= 4 is 34.5 Å². The van der Waals surface area contributed by atoms with Crippen molar-refractivity contribution in [1.29, 1.82) is 0 Å². The van der Waals surface area contributed by atoms with E-state index in [1.165, 1.54) is 0 Å². The van der Waals surface area contributed by atoms with Gasteiger partial charge in [-0.25, -0.2) is 4.98 Å². The second-order valence-corrected chi connectivity index (χ2v) is 7.51. The van der Waals surface area contributed by atoms with Crippen molar-refractivity contribution in [2.24, 2.45) is 0 Å². The van der Waals surface area contributed by atoms with E-state index >= 15 is 0 Å². The fourth-order valence-corrected chi connectivity index (χ4v) is 3.99. The summed E-state index contributed by atoms with van der Waals surface area (Å²) in [6, 6.07) is 15.6. The SMILES string of the molecule is O=C(c1cccc(-c2nccs2)c1)N1CCN(c2cccc(Cl)c2)CC1. The minimum Gasteiger partial charge on any atom is -0.368 e. The number of piperazine rings is 1. The highest BCUT2D eigenvalue weighted by Gasteiger charge is 2.22. The number of amides is 1. The normalized spacial score (nSPS) is 14.5. The largest absolute Gasteiger partial charge is 0.368 e. The molecule has 0 saturated carbocycles. The molecule has 132 valence electrons. The third-order valence-corrected chi connectivity index (χ3v) is 5.59. The van der Waals surface area contributed by atoms with E-state index in [2.05, 4.69) is 16.0 Å². The van der Waals surface area contributed by atoms with Gasteiger partial charge in [-0.15, -0.1) is 11.3 Å². The molecule has 1 aliphatic heterocycles. The number of rotatable bonds is 3. The maximum absolute atomic E-state index is 12.9. The summed E-state index contributed by atoms with van der Waals surface area (Å²) in [7, 11) is 0. The number of hydrogen-bond acceptors (Lipinski definition) is 4. The van der Waals surface area contributed by atoms with Gasteiger partial charge in [0, 0.05) is 59.6 Å². The number of thiazole rings is 1. The molecule has 3 aromatic rings. The highest BCUT2D eigenvalue weighted by Crippen LogP contribution is 2.24. The standard InChI is InChI=1S/C20H18ClN3OS/c21-17-5-2-6-18(14-17)23-8-10-24(11-9-23)20(25)16-4-1-3-15(13-16)19-22-7-12-26-19/h1-7,12-14H,8-11H2. The Morgan fingerprint density at radius 2 is 1.85 bits per heavy atom. The predicted octanol–water partition coefficient (Wildman–Crippen LogP) is 4.43. The van der Waals surface area contributed by atoms with Crippen molar-refractivity contribution in [3.05, 3.63) is 70.7 Å². The fraction of sp³-hybridized carbons (Fsp3) is 0.200. The lowest BCUT2D eigenvalue weighted by atomic mass is 10.1. The van der Waals surface area contributed by atoms with Crippen molar-refractivity contribution in [3.8, 4) is 10.6 Å². The second kappa shape index (κ2) is 7.48. The van der Waals surface area contributed by atoms with Gasteiger partial charge in [-0.3, -0.25) is 4.79 Å². The van der Waals surface area contributed by atoms with Crippen molar-refractivity contribution < 1.29 is 4.79 Å². The van der Waals surface area contributed by atoms with Gasteiger partial charge in [0.15, 0.2) is 0 Å². The molecule has 4 nitrogen and oxygen atoms in total. The van der Waals surface area contributed by atoms with Crippen molar-refractivity contribution in [1.82, 2.24) is 9.88 Å². The molecule has 2 aromatic carbocycles. The van der Waals surface area contributed by atoms with Crippen LogP contribution in [0.2, 0.25) is 5.02 Å². The van der Waals surface area contributed by atoms with Crippen LogP contribution in [0.4, 0.5) is 5.69 Å². The van der Waals surface area contributed by atoms with Gasteiger partial charge in [0.05, 0.1) is 0 Å². The number of aromatic nitrogens is 1. The van der Waals surface area contributed by atoms with E-state index in [1.807, 2.05) is 52.7 Å². The molecular formula is C20H18ClN3OS. The van der Waals surface area contributed by atoms with Crippen LogP contribution in [0.3, 0.4) is 0 Å². The Hall–Kier alpha value is -2.37. The fourth-order valence-electron chi connectivity index (χ4n) is 3.17. The molecule has 0 bridgehead atoms. The first-order valence-corrected chi connectivity index (χ1v) is 9.76. The van der Waals surface area contributed by atoms with Crippen molar-refractivity contribution in [3.63, 3.8) is 0 Å². The van der Waals surface area contributed by atoms with Crippen LogP contribution in [0, 0.1) is 0 Å². The number of benzene rings is 2. The van der Waals surface area contributed by atoms with Crippen LogP contribution in [0.15, 0.2) is 60.1 Å². The van der Waals surface area contributed by atoms with Gasteiger partial charge in [-0.1, -0.05) is 29.8 Å².